The van der Waals surface area contributed by atoms with Crippen LogP contribution in [-0.2, 0) is 4.79 Å². The molecule has 1 aromatic heterocycles. The number of nitrogens with zero attached hydrogens (tertiary/aromatic N) is 3. The monoisotopic (exact) mass is 292 g/mol. The minimum atomic E-state index is 0.0709. The molecule has 1 aliphatic heterocycles. The summed E-state index contributed by atoms with van der Waals surface area (Å²) < 4.78 is 0. The lowest BCUT2D eigenvalue weighted by Crippen LogP contribution is -2.43. The van der Waals surface area contributed by atoms with Crippen molar-refractivity contribution in [1.82, 2.24) is 15.3 Å². The van der Waals surface area contributed by atoms with Gasteiger partial charge in [-0.15, -0.1) is 0 Å². The van der Waals surface area contributed by atoms with Crippen LogP contribution in [0.15, 0.2) is 18.5 Å². The van der Waals surface area contributed by atoms with E-state index in [4.69, 9.17) is 5.11 Å². The van der Waals surface area contributed by atoms with Gasteiger partial charge in [0.25, 0.3) is 0 Å². The van der Waals surface area contributed by atoms with Crippen LogP contribution in [0.3, 0.4) is 0 Å². The van der Waals surface area contributed by atoms with Gasteiger partial charge < -0.3 is 15.3 Å². The molecule has 0 saturated carbocycles. The Bertz CT molecular complexity index is 433. The van der Waals surface area contributed by atoms with Gasteiger partial charge in [-0.05, 0) is 38.7 Å². The van der Waals surface area contributed by atoms with Gasteiger partial charge in [-0.3, -0.25) is 4.79 Å². The van der Waals surface area contributed by atoms with Crippen LogP contribution in [0.25, 0.3) is 0 Å². The van der Waals surface area contributed by atoms with Gasteiger partial charge in [0.05, 0.1) is 0 Å². The Kier molecular flexibility index (Phi) is 5.92. The second kappa shape index (κ2) is 7.93. The van der Waals surface area contributed by atoms with Gasteiger partial charge in [0.1, 0.15) is 0 Å². The maximum absolute atomic E-state index is 12.2. The molecule has 21 heavy (non-hydrogen) atoms. The molecule has 0 bridgehead atoms. The molecule has 0 aliphatic carbocycles. The number of rotatable bonds is 6. The van der Waals surface area contributed by atoms with Crippen LogP contribution in [0, 0.1) is 5.92 Å². The zero-order chi connectivity index (χ0) is 15.1. The summed E-state index contributed by atoms with van der Waals surface area (Å²) in [5, 5.41) is 11.8. The van der Waals surface area contributed by atoms with Crippen LogP contribution in [0.1, 0.15) is 32.6 Å². The zero-order valence-corrected chi connectivity index (χ0v) is 12.5. The summed E-state index contributed by atoms with van der Waals surface area (Å²) in [5.74, 6) is 0.947. The Balaban J connectivity index is 1.77. The van der Waals surface area contributed by atoms with E-state index in [0.717, 1.165) is 44.7 Å². The molecule has 6 nitrogen and oxygen atoms in total. The first-order valence-corrected chi connectivity index (χ1v) is 7.64. The first-order valence-electron chi connectivity index (χ1n) is 7.64. The second-order valence-electron chi connectivity index (χ2n) is 5.59. The van der Waals surface area contributed by atoms with Gasteiger partial charge in [0, 0.05) is 44.0 Å². The van der Waals surface area contributed by atoms with Gasteiger partial charge >= 0.3 is 0 Å². The molecule has 1 amide bonds. The van der Waals surface area contributed by atoms with Crippen molar-refractivity contribution in [2.75, 3.05) is 24.6 Å². The number of piperidine rings is 1. The van der Waals surface area contributed by atoms with Crippen molar-refractivity contribution in [2.24, 2.45) is 5.92 Å². The van der Waals surface area contributed by atoms with Gasteiger partial charge in [0.15, 0.2) is 0 Å². The van der Waals surface area contributed by atoms with Crippen molar-refractivity contribution >= 4 is 11.9 Å². The summed E-state index contributed by atoms with van der Waals surface area (Å²) in [7, 11) is 0. The number of aliphatic hydroxyl groups is 1. The largest absolute Gasteiger partial charge is 0.396 e. The van der Waals surface area contributed by atoms with E-state index in [1.54, 1.807) is 18.5 Å². The second-order valence-corrected chi connectivity index (χ2v) is 5.59. The highest BCUT2D eigenvalue weighted by Crippen LogP contribution is 2.20. The lowest BCUT2D eigenvalue weighted by Gasteiger charge is -2.31. The average molecular weight is 292 g/mol. The Morgan fingerprint density at radius 3 is 2.71 bits per heavy atom. The quantitative estimate of drug-likeness (QED) is 0.817. The number of carbonyl (C=O) groups is 1. The van der Waals surface area contributed by atoms with Crippen molar-refractivity contribution < 1.29 is 9.90 Å². The van der Waals surface area contributed by atoms with E-state index in [9.17, 15) is 4.79 Å². The fourth-order valence-electron chi connectivity index (χ4n) is 2.63. The minimum Gasteiger partial charge on any atom is -0.396 e. The molecule has 6 heteroatoms. The molecule has 0 radical (unpaired) electrons. The summed E-state index contributed by atoms with van der Waals surface area (Å²) in [6.45, 7) is 3.79. The van der Waals surface area contributed by atoms with E-state index in [1.807, 2.05) is 6.92 Å². The Hall–Kier alpha value is -1.69. The van der Waals surface area contributed by atoms with Crippen LogP contribution in [-0.4, -0.2) is 46.7 Å². The third-order valence-electron chi connectivity index (χ3n) is 3.88. The molecule has 1 unspecified atom stereocenters. The van der Waals surface area contributed by atoms with Crippen molar-refractivity contribution in [3.8, 4) is 0 Å². The maximum Gasteiger partial charge on any atom is 0.225 e. The van der Waals surface area contributed by atoms with Crippen molar-refractivity contribution in [3.63, 3.8) is 0 Å². The standard InChI is InChI=1S/C15H24N4O2/c1-12(4-2-11-20)18-14(21)13-5-9-19(10-6-13)15-16-7-3-8-17-15/h3,7-8,12-13,20H,2,4-6,9-11H2,1H3,(H,18,21). The molecule has 1 saturated heterocycles. The number of amides is 1. The van der Waals surface area contributed by atoms with Crippen LogP contribution in [0.2, 0.25) is 0 Å². The number of anilines is 1. The van der Waals surface area contributed by atoms with Crippen molar-refractivity contribution in [2.45, 2.75) is 38.6 Å². The van der Waals surface area contributed by atoms with Crippen LogP contribution < -0.4 is 10.2 Å². The number of hydrogen-bond acceptors (Lipinski definition) is 5. The molecule has 2 N–H and O–H groups in total. The van der Waals surface area contributed by atoms with Gasteiger partial charge in [-0.25, -0.2) is 9.97 Å². The molecule has 2 rings (SSSR count). The highest BCUT2D eigenvalue weighted by molar-refractivity contribution is 5.79. The van der Waals surface area contributed by atoms with E-state index in [2.05, 4.69) is 20.2 Å². The summed E-state index contributed by atoms with van der Waals surface area (Å²) in [5.41, 5.74) is 0. The molecule has 1 fully saturated rings. The summed E-state index contributed by atoms with van der Waals surface area (Å²) in [6.07, 6.45) is 6.69. The van der Waals surface area contributed by atoms with Crippen LogP contribution >= 0.6 is 0 Å². The number of aliphatic hydroxyl groups excluding tert-OH is 1. The molecular formula is C15H24N4O2. The van der Waals surface area contributed by atoms with E-state index >= 15 is 0 Å². The van der Waals surface area contributed by atoms with Crippen molar-refractivity contribution in [3.05, 3.63) is 18.5 Å². The summed E-state index contributed by atoms with van der Waals surface area (Å²) >= 11 is 0. The normalized spacial score (nSPS) is 17.5. The smallest absolute Gasteiger partial charge is 0.225 e. The lowest BCUT2D eigenvalue weighted by molar-refractivity contribution is -0.126. The molecule has 1 atom stereocenters. The molecule has 2 heterocycles. The highest BCUT2D eigenvalue weighted by atomic mass is 16.3. The predicted octanol–water partition coefficient (Wildman–Crippen LogP) is 0.970. The SMILES string of the molecule is CC(CCCO)NC(=O)C1CCN(c2ncccn2)CC1. The summed E-state index contributed by atoms with van der Waals surface area (Å²) in [6, 6.07) is 1.93. The third kappa shape index (κ3) is 4.67. The van der Waals surface area contributed by atoms with Crippen LogP contribution in [0.5, 0.6) is 0 Å². The molecule has 1 aromatic rings. The van der Waals surface area contributed by atoms with E-state index in [-0.39, 0.29) is 24.5 Å². The van der Waals surface area contributed by atoms with Crippen molar-refractivity contribution in [1.29, 1.82) is 0 Å². The van der Waals surface area contributed by atoms with Gasteiger partial charge in [-0.2, -0.15) is 0 Å². The van der Waals surface area contributed by atoms with Gasteiger partial charge in [0.2, 0.25) is 11.9 Å². The number of aromatic nitrogens is 2. The van der Waals surface area contributed by atoms with Crippen LogP contribution in [0.4, 0.5) is 5.95 Å². The maximum atomic E-state index is 12.2. The Morgan fingerprint density at radius 2 is 2.10 bits per heavy atom. The molecule has 1 aliphatic rings. The molecular weight excluding hydrogens is 268 g/mol. The lowest BCUT2D eigenvalue weighted by atomic mass is 9.95. The number of carbonyl (C=O) groups excluding carboxylic acids is 1. The minimum absolute atomic E-state index is 0.0709. The van der Waals surface area contributed by atoms with E-state index in [0.29, 0.717) is 0 Å². The van der Waals surface area contributed by atoms with E-state index in [1.165, 1.54) is 0 Å². The Morgan fingerprint density at radius 1 is 1.43 bits per heavy atom. The highest BCUT2D eigenvalue weighted by Gasteiger charge is 2.26. The fraction of sp³-hybridized carbons (Fsp3) is 0.667. The third-order valence-corrected chi connectivity index (χ3v) is 3.88. The topological polar surface area (TPSA) is 78.4 Å². The fourth-order valence-corrected chi connectivity index (χ4v) is 2.63. The molecule has 116 valence electrons. The van der Waals surface area contributed by atoms with E-state index < -0.39 is 0 Å². The zero-order valence-electron chi connectivity index (χ0n) is 12.5. The Labute approximate surface area is 125 Å². The average Bonchev–Trinajstić information content (AvgIpc) is 2.54. The molecule has 0 spiro atoms. The predicted molar refractivity (Wildman–Crippen MR) is 80.9 cm³/mol. The number of nitrogens with one attached hydrogen (secondary N) is 1. The first-order chi connectivity index (χ1) is 10.2. The van der Waals surface area contributed by atoms with Gasteiger partial charge in [-0.1, -0.05) is 0 Å². The summed E-state index contributed by atoms with van der Waals surface area (Å²) in [4.78, 5) is 22.8. The number of hydrogen-bond donors (Lipinski definition) is 2. The first kappa shape index (κ1) is 15.7. The molecule has 0 aromatic carbocycles.